The van der Waals surface area contributed by atoms with Crippen molar-refractivity contribution in [3.05, 3.63) is 60.6 Å². The first-order chi connectivity index (χ1) is 11.3. The topological polar surface area (TPSA) is 43.9 Å². The molecule has 0 N–H and O–H groups in total. The number of rotatable bonds is 8. The first kappa shape index (κ1) is 21.5. The molecule has 0 radical (unpaired) electrons. The Hall–Kier alpha value is -2.47. The molecule has 0 saturated heterocycles. The van der Waals surface area contributed by atoms with Crippen LogP contribution in [0.3, 0.4) is 0 Å². The first-order valence-electron chi connectivity index (χ1n) is 7.37. The smallest absolute Gasteiger partial charge is 0.250 e. The third kappa shape index (κ3) is 8.85. The fraction of sp³-hybridized carbons (Fsp3) is 0.278. The van der Waals surface area contributed by atoms with E-state index >= 15 is 0 Å². The van der Waals surface area contributed by atoms with E-state index in [1.165, 1.54) is 27.4 Å². The number of likely N-dealkylation sites (N-methyl/N-ethyl adjacent to an activating group) is 2. The van der Waals surface area contributed by atoms with Crippen LogP contribution in [0.1, 0.15) is 13.8 Å². The SMILES string of the molecule is CC=C(C)N(C)C=CC=CC(=O)N(C)C=CC=CC(=O)N(C)C=S. The predicted molar refractivity (Wildman–Crippen MR) is 103 cm³/mol. The Bertz CT molecular complexity index is 589. The summed E-state index contributed by atoms with van der Waals surface area (Å²) in [5, 5.41) is 0. The van der Waals surface area contributed by atoms with E-state index in [9.17, 15) is 9.59 Å². The maximum Gasteiger partial charge on any atom is 0.250 e. The Morgan fingerprint density at radius 3 is 1.71 bits per heavy atom. The molecule has 0 aliphatic rings. The van der Waals surface area contributed by atoms with Gasteiger partial charge in [-0.1, -0.05) is 30.4 Å². The molecule has 2 amide bonds. The monoisotopic (exact) mass is 347 g/mol. The molecule has 0 saturated carbocycles. The molecule has 0 rings (SSSR count). The largest absolute Gasteiger partial charge is 0.355 e. The Labute approximate surface area is 149 Å². The zero-order valence-corrected chi connectivity index (χ0v) is 15.7. The maximum absolute atomic E-state index is 11.9. The number of carbonyl (C=O) groups excluding carboxylic acids is 2. The summed E-state index contributed by atoms with van der Waals surface area (Å²) in [4.78, 5) is 28.0. The van der Waals surface area contributed by atoms with Crippen molar-refractivity contribution in [2.75, 3.05) is 21.1 Å². The number of nitrogens with zero attached hydrogens (tertiary/aromatic N) is 3. The number of hydrogen-bond acceptors (Lipinski definition) is 4. The van der Waals surface area contributed by atoms with Gasteiger partial charge in [0.25, 0.3) is 5.91 Å². The van der Waals surface area contributed by atoms with E-state index in [-0.39, 0.29) is 11.8 Å². The summed E-state index contributed by atoms with van der Waals surface area (Å²) in [7, 11) is 5.15. The van der Waals surface area contributed by atoms with Crippen LogP contribution < -0.4 is 0 Å². The van der Waals surface area contributed by atoms with Crippen LogP contribution in [0.25, 0.3) is 0 Å². The van der Waals surface area contributed by atoms with Crippen LogP contribution in [-0.4, -0.2) is 53.1 Å². The quantitative estimate of drug-likeness (QED) is 0.385. The molecule has 0 aliphatic carbocycles. The van der Waals surface area contributed by atoms with Gasteiger partial charge in [0.15, 0.2) is 0 Å². The molecule has 6 heteroatoms. The maximum atomic E-state index is 11.9. The van der Waals surface area contributed by atoms with Gasteiger partial charge in [-0.3, -0.25) is 9.59 Å². The fourth-order valence-corrected chi connectivity index (χ4v) is 1.42. The molecule has 0 spiro atoms. The van der Waals surface area contributed by atoms with Crippen molar-refractivity contribution in [1.82, 2.24) is 14.7 Å². The fourth-order valence-electron chi connectivity index (χ4n) is 1.32. The summed E-state index contributed by atoms with van der Waals surface area (Å²) < 4.78 is 0. The molecule has 0 bridgehead atoms. The summed E-state index contributed by atoms with van der Waals surface area (Å²) >= 11 is 4.65. The zero-order valence-electron chi connectivity index (χ0n) is 14.8. The Morgan fingerprint density at radius 1 is 0.792 bits per heavy atom. The van der Waals surface area contributed by atoms with Gasteiger partial charge in [-0.15, -0.1) is 0 Å². The average molecular weight is 347 g/mol. The number of hydrogen-bond donors (Lipinski definition) is 0. The van der Waals surface area contributed by atoms with E-state index in [1.807, 2.05) is 38.1 Å². The lowest BCUT2D eigenvalue weighted by Crippen LogP contribution is -2.21. The standard InChI is InChI=1S/C18H25N3O2S/c1-6-16(2)19(3)13-9-7-11-17(22)20(4)14-10-8-12-18(23)21(5)15-24/h6-15H,1-5H3. The lowest BCUT2D eigenvalue weighted by Gasteiger charge is -2.13. The van der Waals surface area contributed by atoms with Crippen molar-refractivity contribution in [2.45, 2.75) is 13.8 Å². The highest BCUT2D eigenvalue weighted by atomic mass is 32.1. The summed E-state index contributed by atoms with van der Waals surface area (Å²) in [5.41, 5.74) is 2.38. The molecule has 130 valence electrons. The van der Waals surface area contributed by atoms with Crippen LogP contribution in [0.2, 0.25) is 0 Å². The van der Waals surface area contributed by atoms with E-state index in [4.69, 9.17) is 0 Å². The van der Waals surface area contributed by atoms with Crippen LogP contribution in [0.15, 0.2) is 60.6 Å². The van der Waals surface area contributed by atoms with Gasteiger partial charge >= 0.3 is 0 Å². The van der Waals surface area contributed by atoms with Gasteiger partial charge in [0, 0.05) is 51.4 Å². The van der Waals surface area contributed by atoms with Crippen LogP contribution in [0, 0.1) is 0 Å². The van der Waals surface area contributed by atoms with Crippen LogP contribution in [0.4, 0.5) is 0 Å². The predicted octanol–water partition coefficient (Wildman–Crippen LogP) is 2.86. The molecule has 0 aromatic rings. The Balaban J connectivity index is 4.47. The normalized spacial score (nSPS) is 12.5. The third-order valence-corrected chi connectivity index (χ3v) is 3.46. The van der Waals surface area contributed by atoms with Crippen molar-refractivity contribution < 1.29 is 9.59 Å². The number of allylic oxidation sites excluding steroid dienone is 6. The van der Waals surface area contributed by atoms with Gasteiger partial charge < -0.3 is 14.7 Å². The van der Waals surface area contributed by atoms with E-state index in [0.717, 1.165) is 5.70 Å². The molecule has 0 heterocycles. The first-order valence-corrected chi connectivity index (χ1v) is 7.85. The third-order valence-electron chi connectivity index (χ3n) is 3.15. The van der Waals surface area contributed by atoms with Crippen molar-refractivity contribution >= 4 is 29.5 Å². The molecule has 0 atom stereocenters. The summed E-state index contributed by atoms with van der Waals surface area (Å²) in [5.74, 6) is -0.397. The summed E-state index contributed by atoms with van der Waals surface area (Å²) in [6.45, 7) is 3.97. The van der Waals surface area contributed by atoms with Crippen molar-refractivity contribution in [1.29, 1.82) is 0 Å². The summed E-state index contributed by atoms with van der Waals surface area (Å²) in [6.07, 6.45) is 14.9. The van der Waals surface area contributed by atoms with E-state index in [2.05, 4.69) is 12.2 Å². The molecule has 0 fully saturated rings. The lowest BCUT2D eigenvalue weighted by molar-refractivity contribution is -0.122. The number of amides is 2. The highest BCUT2D eigenvalue weighted by Gasteiger charge is 2.00. The molecule has 0 aromatic heterocycles. The molecule has 0 unspecified atom stereocenters. The molecule has 0 aliphatic heterocycles. The van der Waals surface area contributed by atoms with Gasteiger partial charge in [0.05, 0.1) is 5.49 Å². The van der Waals surface area contributed by atoms with Crippen molar-refractivity contribution in [2.24, 2.45) is 0 Å². The molecular weight excluding hydrogens is 322 g/mol. The molecule has 0 aromatic carbocycles. The second-order valence-corrected chi connectivity index (χ2v) is 5.16. The van der Waals surface area contributed by atoms with E-state index in [0.29, 0.717) is 0 Å². The van der Waals surface area contributed by atoms with Crippen molar-refractivity contribution in [3.63, 3.8) is 0 Å². The summed E-state index contributed by atoms with van der Waals surface area (Å²) in [6, 6.07) is 0. The van der Waals surface area contributed by atoms with Gasteiger partial charge in [0.1, 0.15) is 0 Å². The highest BCUT2D eigenvalue weighted by Crippen LogP contribution is 1.99. The van der Waals surface area contributed by atoms with Gasteiger partial charge in [-0.2, -0.15) is 0 Å². The number of carbonyl (C=O) groups is 2. The average Bonchev–Trinajstić information content (AvgIpc) is 2.59. The van der Waals surface area contributed by atoms with Crippen LogP contribution in [0.5, 0.6) is 0 Å². The van der Waals surface area contributed by atoms with Crippen LogP contribution in [-0.2, 0) is 9.59 Å². The van der Waals surface area contributed by atoms with Gasteiger partial charge in [0.2, 0.25) is 5.91 Å². The molecule has 24 heavy (non-hydrogen) atoms. The Kier molecular flexibility index (Phi) is 10.8. The van der Waals surface area contributed by atoms with Crippen molar-refractivity contribution in [3.8, 4) is 0 Å². The van der Waals surface area contributed by atoms with E-state index in [1.54, 1.807) is 44.6 Å². The second-order valence-electron chi connectivity index (χ2n) is 4.95. The minimum atomic E-state index is -0.228. The Morgan fingerprint density at radius 2 is 1.25 bits per heavy atom. The van der Waals surface area contributed by atoms with Gasteiger partial charge in [-0.25, -0.2) is 0 Å². The zero-order chi connectivity index (χ0) is 18.5. The highest BCUT2D eigenvalue weighted by molar-refractivity contribution is 7.78. The second kappa shape index (κ2) is 12.0. The number of thiocarbonyl (C=S) groups is 1. The van der Waals surface area contributed by atoms with Crippen LogP contribution >= 0.6 is 12.2 Å². The molecule has 5 nitrogen and oxygen atoms in total. The minimum absolute atomic E-state index is 0.169. The van der Waals surface area contributed by atoms with Gasteiger partial charge in [-0.05, 0) is 26.0 Å². The minimum Gasteiger partial charge on any atom is -0.355 e. The molecular formula is C18H25N3O2S. The van der Waals surface area contributed by atoms with E-state index < -0.39 is 0 Å². The lowest BCUT2D eigenvalue weighted by atomic mass is 10.4.